The largest absolute Gasteiger partial charge is 0.354 e. The average Bonchev–Trinajstić information content (AvgIpc) is 2.86. The van der Waals surface area contributed by atoms with Gasteiger partial charge in [0, 0.05) is 19.8 Å². The van der Waals surface area contributed by atoms with Crippen LogP contribution in [0.25, 0.3) is 5.69 Å². The summed E-state index contributed by atoms with van der Waals surface area (Å²) in [4.78, 5) is 11.5. The van der Waals surface area contributed by atoms with Gasteiger partial charge >= 0.3 is 0 Å². The number of hydrogen-bond donors (Lipinski definition) is 2. The highest BCUT2D eigenvalue weighted by Crippen LogP contribution is 2.18. The lowest BCUT2D eigenvalue weighted by Gasteiger charge is -2.10. The second-order valence-corrected chi connectivity index (χ2v) is 4.01. The molecular formula is C13H16N4O. The Morgan fingerprint density at radius 3 is 2.89 bits per heavy atom. The van der Waals surface area contributed by atoms with E-state index >= 15 is 0 Å². The Bertz CT molecular complexity index is 574. The second-order valence-electron chi connectivity index (χ2n) is 4.01. The fraction of sp³-hybridized carbons (Fsp3) is 0.231. The van der Waals surface area contributed by atoms with Gasteiger partial charge in [0.2, 0.25) is 0 Å². The molecule has 3 N–H and O–H groups in total. The van der Waals surface area contributed by atoms with Crippen LogP contribution in [0.15, 0.2) is 30.5 Å². The first-order valence-corrected chi connectivity index (χ1v) is 5.74. The molecule has 0 bridgehead atoms. The average molecular weight is 244 g/mol. The number of nitrogens with zero attached hydrogens (tertiary/aromatic N) is 2. The van der Waals surface area contributed by atoms with Crippen LogP contribution in [0.5, 0.6) is 0 Å². The predicted molar refractivity (Wildman–Crippen MR) is 69.6 cm³/mol. The highest BCUT2D eigenvalue weighted by Gasteiger charge is 2.11. The molecule has 0 spiro atoms. The van der Waals surface area contributed by atoms with E-state index in [4.69, 9.17) is 5.73 Å². The minimum Gasteiger partial charge on any atom is -0.354 e. The maximum atomic E-state index is 11.5. The Hall–Kier alpha value is -2.14. The van der Waals surface area contributed by atoms with Gasteiger partial charge in [-0.05, 0) is 24.1 Å². The molecule has 5 nitrogen and oxygen atoms in total. The van der Waals surface area contributed by atoms with Gasteiger partial charge in [0.25, 0.3) is 5.91 Å². The zero-order chi connectivity index (χ0) is 13.1. The number of rotatable bonds is 3. The molecule has 0 aliphatic heterocycles. The van der Waals surface area contributed by atoms with Crippen molar-refractivity contribution in [2.24, 2.45) is 5.73 Å². The molecule has 2 aromatic rings. The van der Waals surface area contributed by atoms with Crippen LogP contribution in [-0.4, -0.2) is 22.7 Å². The summed E-state index contributed by atoms with van der Waals surface area (Å²) < 4.78 is 1.70. The van der Waals surface area contributed by atoms with E-state index in [9.17, 15) is 4.79 Å². The van der Waals surface area contributed by atoms with Gasteiger partial charge in [-0.2, -0.15) is 5.10 Å². The van der Waals surface area contributed by atoms with Crippen LogP contribution in [0.1, 0.15) is 21.6 Å². The van der Waals surface area contributed by atoms with Gasteiger partial charge in [0.15, 0.2) is 5.69 Å². The SMILES string of the molecule is CNC(=O)c1ccn(-c2c(C)cccc2CN)n1. The minimum atomic E-state index is -0.198. The van der Waals surface area contributed by atoms with Gasteiger partial charge in [0.1, 0.15) is 0 Å². The number of para-hydroxylation sites is 1. The van der Waals surface area contributed by atoms with Crippen LogP contribution in [0.3, 0.4) is 0 Å². The van der Waals surface area contributed by atoms with Gasteiger partial charge in [0.05, 0.1) is 5.69 Å². The second kappa shape index (κ2) is 5.01. The summed E-state index contributed by atoms with van der Waals surface area (Å²) in [5, 5.41) is 6.82. The third kappa shape index (κ3) is 2.12. The summed E-state index contributed by atoms with van der Waals surface area (Å²) in [6, 6.07) is 7.61. The smallest absolute Gasteiger partial charge is 0.271 e. The maximum absolute atomic E-state index is 11.5. The highest BCUT2D eigenvalue weighted by atomic mass is 16.1. The lowest BCUT2D eigenvalue weighted by atomic mass is 10.1. The summed E-state index contributed by atoms with van der Waals surface area (Å²) in [5.41, 5.74) is 9.14. The van der Waals surface area contributed by atoms with Gasteiger partial charge in [-0.1, -0.05) is 18.2 Å². The first-order valence-electron chi connectivity index (χ1n) is 5.74. The fourth-order valence-electron chi connectivity index (χ4n) is 1.91. The van der Waals surface area contributed by atoms with Crippen LogP contribution in [0, 0.1) is 6.92 Å². The van der Waals surface area contributed by atoms with Crippen LogP contribution in [-0.2, 0) is 6.54 Å². The van der Waals surface area contributed by atoms with E-state index in [1.165, 1.54) is 0 Å². The van der Waals surface area contributed by atoms with Crippen molar-refractivity contribution in [3.63, 3.8) is 0 Å². The first-order chi connectivity index (χ1) is 8.67. The number of carbonyl (C=O) groups excluding carboxylic acids is 1. The third-order valence-electron chi connectivity index (χ3n) is 2.82. The van der Waals surface area contributed by atoms with Crippen LogP contribution in [0.4, 0.5) is 0 Å². The number of aryl methyl sites for hydroxylation is 1. The molecule has 0 saturated carbocycles. The normalized spacial score (nSPS) is 10.4. The zero-order valence-corrected chi connectivity index (χ0v) is 10.5. The van der Waals surface area contributed by atoms with E-state index in [1.807, 2.05) is 25.1 Å². The number of amides is 1. The molecule has 1 amide bonds. The number of aromatic nitrogens is 2. The third-order valence-corrected chi connectivity index (χ3v) is 2.82. The monoisotopic (exact) mass is 244 g/mol. The minimum absolute atomic E-state index is 0.198. The van der Waals surface area contributed by atoms with Crippen molar-refractivity contribution in [3.8, 4) is 5.69 Å². The molecule has 18 heavy (non-hydrogen) atoms. The van der Waals surface area contributed by atoms with Gasteiger partial charge < -0.3 is 11.1 Å². The van der Waals surface area contributed by atoms with Crippen molar-refractivity contribution in [1.29, 1.82) is 0 Å². The highest BCUT2D eigenvalue weighted by molar-refractivity contribution is 5.91. The lowest BCUT2D eigenvalue weighted by Crippen LogP contribution is -2.18. The predicted octanol–water partition coefficient (Wildman–Crippen LogP) is 0.999. The standard InChI is InChI=1S/C13H16N4O/c1-9-4-3-5-10(8-14)12(9)17-7-6-11(16-17)13(18)15-2/h3-7H,8,14H2,1-2H3,(H,15,18). The van der Waals surface area contributed by atoms with Crippen molar-refractivity contribution in [2.75, 3.05) is 7.05 Å². The van der Waals surface area contributed by atoms with Crippen LogP contribution in [0.2, 0.25) is 0 Å². The summed E-state index contributed by atoms with van der Waals surface area (Å²) in [7, 11) is 1.58. The van der Waals surface area contributed by atoms with Crippen molar-refractivity contribution >= 4 is 5.91 Å². The van der Waals surface area contributed by atoms with E-state index < -0.39 is 0 Å². The van der Waals surface area contributed by atoms with Crippen LogP contribution >= 0.6 is 0 Å². The van der Waals surface area contributed by atoms with Crippen molar-refractivity contribution < 1.29 is 4.79 Å². The maximum Gasteiger partial charge on any atom is 0.271 e. The van der Waals surface area contributed by atoms with Gasteiger partial charge in [-0.3, -0.25) is 4.79 Å². The molecular weight excluding hydrogens is 228 g/mol. The van der Waals surface area contributed by atoms with Gasteiger partial charge in [-0.25, -0.2) is 4.68 Å². The molecule has 0 unspecified atom stereocenters. The molecule has 5 heteroatoms. The molecule has 1 aromatic carbocycles. The molecule has 0 fully saturated rings. The molecule has 0 aliphatic rings. The number of nitrogens with two attached hydrogens (primary N) is 1. The molecule has 2 rings (SSSR count). The van der Waals surface area contributed by atoms with Crippen LogP contribution < -0.4 is 11.1 Å². The van der Waals surface area contributed by atoms with Crippen molar-refractivity contribution in [3.05, 3.63) is 47.3 Å². The topological polar surface area (TPSA) is 72.9 Å². The van der Waals surface area contributed by atoms with E-state index in [0.29, 0.717) is 12.2 Å². The van der Waals surface area contributed by atoms with E-state index in [1.54, 1.807) is 24.0 Å². The molecule has 94 valence electrons. The van der Waals surface area contributed by atoms with E-state index in [-0.39, 0.29) is 5.91 Å². The Labute approximate surface area is 106 Å². The first kappa shape index (κ1) is 12.3. The summed E-state index contributed by atoms with van der Waals surface area (Å²) >= 11 is 0. The van der Waals surface area contributed by atoms with E-state index in [0.717, 1.165) is 16.8 Å². The summed E-state index contributed by atoms with van der Waals surface area (Å²) in [6.07, 6.45) is 1.77. The molecule has 1 aromatic heterocycles. The lowest BCUT2D eigenvalue weighted by molar-refractivity contribution is 0.0957. The number of carbonyl (C=O) groups is 1. The quantitative estimate of drug-likeness (QED) is 0.846. The van der Waals surface area contributed by atoms with Gasteiger partial charge in [-0.15, -0.1) is 0 Å². The molecule has 0 radical (unpaired) electrons. The molecule has 0 atom stereocenters. The number of hydrogen-bond acceptors (Lipinski definition) is 3. The number of benzene rings is 1. The summed E-state index contributed by atoms with van der Waals surface area (Å²) in [5.74, 6) is -0.198. The van der Waals surface area contributed by atoms with E-state index in [2.05, 4.69) is 10.4 Å². The Morgan fingerprint density at radius 2 is 2.22 bits per heavy atom. The molecule has 1 heterocycles. The van der Waals surface area contributed by atoms with Crippen molar-refractivity contribution in [1.82, 2.24) is 15.1 Å². The molecule has 0 aliphatic carbocycles. The Kier molecular flexibility index (Phi) is 3.43. The molecule has 0 saturated heterocycles. The summed E-state index contributed by atoms with van der Waals surface area (Å²) in [6.45, 7) is 2.43. The number of nitrogens with one attached hydrogen (secondary N) is 1. The fourth-order valence-corrected chi connectivity index (χ4v) is 1.91. The Morgan fingerprint density at radius 1 is 1.44 bits per heavy atom. The van der Waals surface area contributed by atoms with Crippen molar-refractivity contribution in [2.45, 2.75) is 13.5 Å². The zero-order valence-electron chi connectivity index (χ0n) is 10.5. The Balaban J connectivity index is 2.49.